The summed E-state index contributed by atoms with van der Waals surface area (Å²) in [6.07, 6.45) is 2.01. The van der Waals surface area contributed by atoms with Gasteiger partial charge in [0.1, 0.15) is 5.75 Å². The largest absolute Gasteiger partial charge is 0.497 e. The van der Waals surface area contributed by atoms with Crippen LogP contribution in [0.2, 0.25) is 0 Å². The van der Waals surface area contributed by atoms with E-state index in [0.29, 0.717) is 6.54 Å². The Labute approximate surface area is 112 Å². The molecule has 0 spiro atoms. The average Bonchev–Trinajstić information content (AvgIpc) is 2.86. The van der Waals surface area contributed by atoms with Gasteiger partial charge in [0.25, 0.3) is 0 Å². The third-order valence-corrected chi connectivity index (χ3v) is 3.50. The van der Waals surface area contributed by atoms with E-state index in [1.807, 2.05) is 35.1 Å². The van der Waals surface area contributed by atoms with Gasteiger partial charge in [-0.2, -0.15) is 0 Å². The van der Waals surface area contributed by atoms with Gasteiger partial charge in [-0.05, 0) is 24.6 Å². The number of ether oxygens (including phenoxy) is 2. The van der Waals surface area contributed by atoms with E-state index in [-0.39, 0.29) is 5.41 Å². The maximum Gasteiger partial charge on any atom is 0.118 e. The smallest absolute Gasteiger partial charge is 0.118 e. The molecule has 0 amide bonds. The summed E-state index contributed by atoms with van der Waals surface area (Å²) in [6, 6.07) is 7.98. The van der Waals surface area contributed by atoms with Crippen LogP contribution in [0.5, 0.6) is 5.75 Å². The van der Waals surface area contributed by atoms with E-state index in [1.54, 1.807) is 7.11 Å². The first-order chi connectivity index (χ1) is 9.19. The monoisotopic (exact) mass is 259 g/mol. The molecule has 0 radical (unpaired) electrons. The SMILES string of the molecule is COc1ccc(Cn2cc(C3(C)COC3)nn2)cc1. The first-order valence-corrected chi connectivity index (χ1v) is 6.31. The van der Waals surface area contributed by atoms with Gasteiger partial charge in [-0.25, -0.2) is 4.68 Å². The zero-order chi connectivity index (χ0) is 13.3. The summed E-state index contributed by atoms with van der Waals surface area (Å²) in [5.74, 6) is 0.863. The molecule has 0 N–H and O–H groups in total. The number of benzene rings is 1. The third kappa shape index (κ3) is 2.33. The van der Waals surface area contributed by atoms with E-state index in [4.69, 9.17) is 9.47 Å². The highest BCUT2D eigenvalue weighted by Gasteiger charge is 2.37. The lowest BCUT2D eigenvalue weighted by atomic mass is 9.85. The van der Waals surface area contributed by atoms with Gasteiger partial charge >= 0.3 is 0 Å². The maximum absolute atomic E-state index is 5.25. The quantitative estimate of drug-likeness (QED) is 0.837. The topological polar surface area (TPSA) is 49.2 Å². The van der Waals surface area contributed by atoms with Gasteiger partial charge in [0.2, 0.25) is 0 Å². The van der Waals surface area contributed by atoms with Gasteiger partial charge in [-0.1, -0.05) is 17.3 Å². The molecule has 1 aliphatic heterocycles. The second-order valence-electron chi connectivity index (χ2n) is 5.20. The zero-order valence-corrected chi connectivity index (χ0v) is 11.2. The summed E-state index contributed by atoms with van der Waals surface area (Å²) in [5, 5.41) is 8.43. The summed E-state index contributed by atoms with van der Waals surface area (Å²) in [6.45, 7) is 4.33. The Kier molecular flexibility index (Phi) is 2.98. The molecule has 1 aromatic carbocycles. The van der Waals surface area contributed by atoms with Crippen LogP contribution >= 0.6 is 0 Å². The molecule has 2 heterocycles. The predicted molar refractivity (Wildman–Crippen MR) is 70.3 cm³/mol. The van der Waals surface area contributed by atoms with Gasteiger partial charge in [0.15, 0.2) is 0 Å². The van der Waals surface area contributed by atoms with Crippen LogP contribution in [-0.2, 0) is 16.7 Å². The van der Waals surface area contributed by atoms with Gasteiger partial charge in [-0.15, -0.1) is 5.10 Å². The van der Waals surface area contributed by atoms with Crippen LogP contribution < -0.4 is 4.74 Å². The molecule has 0 unspecified atom stereocenters. The fourth-order valence-electron chi connectivity index (χ4n) is 2.13. The molecule has 1 aromatic heterocycles. The molecule has 0 bridgehead atoms. The molecule has 5 nitrogen and oxygen atoms in total. The predicted octanol–water partition coefficient (Wildman–Crippen LogP) is 1.62. The van der Waals surface area contributed by atoms with Crippen molar-refractivity contribution in [2.75, 3.05) is 20.3 Å². The molecule has 3 rings (SSSR count). The van der Waals surface area contributed by atoms with E-state index in [0.717, 1.165) is 24.7 Å². The zero-order valence-electron chi connectivity index (χ0n) is 11.2. The van der Waals surface area contributed by atoms with Crippen LogP contribution in [0.15, 0.2) is 30.5 Å². The average molecular weight is 259 g/mol. The van der Waals surface area contributed by atoms with Crippen LogP contribution in [0.1, 0.15) is 18.2 Å². The van der Waals surface area contributed by atoms with Crippen LogP contribution in [-0.4, -0.2) is 35.3 Å². The molecule has 0 atom stereocenters. The molecule has 2 aromatic rings. The summed E-state index contributed by atoms with van der Waals surface area (Å²) in [4.78, 5) is 0. The van der Waals surface area contributed by atoms with E-state index in [9.17, 15) is 0 Å². The number of methoxy groups -OCH3 is 1. The lowest BCUT2D eigenvalue weighted by molar-refractivity contribution is -0.0521. The van der Waals surface area contributed by atoms with Crippen molar-refractivity contribution < 1.29 is 9.47 Å². The van der Waals surface area contributed by atoms with Gasteiger partial charge in [0.05, 0.1) is 38.0 Å². The summed E-state index contributed by atoms with van der Waals surface area (Å²) >= 11 is 0. The van der Waals surface area contributed by atoms with Crippen molar-refractivity contribution >= 4 is 0 Å². The Balaban J connectivity index is 1.72. The Morgan fingerprint density at radius 2 is 2.05 bits per heavy atom. The number of hydrogen-bond acceptors (Lipinski definition) is 4. The molecule has 1 aliphatic rings. The minimum absolute atomic E-state index is 0.0398. The Morgan fingerprint density at radius 3 is 2.63 bits per heavy atom. The summed E-state index contributed by atoms with van der Waals surface area (Å²) in [7, 11) is 1.67. The molecule has 0 saturated carbocycles. The highest BCUT2D eigenvalue weighted by molar-refractivity contribution is 5.27. The van der Waals surface area contributed by atoms with Gasteiger partial charge < -0.3 is 9.47 Å². The molecule has 1 fully saturated rings. The van der Waals surface area contributed by atoms with Crippen molar-refractivity contribution in [3.8, 4) is 5.75 Å². The first kappa shape index (κ1) is 12.2. The number of hydrogen-bond donors (Lipinski definition) is 0. The fraction of sp³-hybridized carbons (Fsp3) is 0.429. The lowest BCUT2D eigenvalue weighted by Gasteiger charge is -2.35. The second-order valence-corrected chi connectivity index (χ2v) is 5.20. The number of aromatic nitrogens is 3. The third-order valence-electron chi connectivity index (χ3n) is 3.50. The standard InChI is InChI=1S/C14H17N3O2/c1-14(9-19-10-14)13-8-17(16-15-13)7-11-3-5-12(18-2)6-4-11/h3-6,8H,7,9-10H2,1-2H3. The lowest BCUT2D eigenvalue weighted by Crippen LogP contribution is -2.44. The maximum atomic E-state index is 5.25. The number of nitrogens with zero attached hydrogens (tertiary/aromatic N) is 3. The minimum Gasteiger partial charge on any atom is -0.497 e. The number of rotatable bonds is 4. The Hall–Kier alpha value is -1.88. The van der Waals surface area contributed by atoms with E-state index >= 15 is 0 Å². The van der Waals surface area contributed by atoms with Crippen molar-refractivity contribution in [3.05, 3.63) is 41.7 Å². The molecule has 5 heteroatoms. The second kappa shape index (κ2) is 4.66. The summed E-state index contributed by atoms with van der Waals surface area (Å²) in [5.41, 5.74) is 2.22. The van der Waals surface area contributed by atoms with E-state index < -0.39 is 0 Å². The van der Waals surface area contributed by atoms with E-state index in [2.05, 4.69) is 17.2 Å². The summed E-state index contributed by atoms with van der Waals surface area (Å²) < 4.78 is 12.3. The van der Waals surface area contributed by atoms with E-state index in [1.165, 1.54) is 5.56 Å². The van der Waals surface area contributed by atoms with Crippen molar-refractivity contribution in [2.45, 2.75) is 18.9 Å². The van der Waals surface area contributed by atoms with Crippen molar-refractivity contribution in [1.29, 1.82) is 0 Å². The van der Waals surface area contributed by atoms with Gasteiger partial charge in [-0.3, -0.25) is 0 Å². The van der Waals surface area contributed by atoms with Crippen molar-refractivity contribution in [3.63, 3.8) is 0 Å². The normalized spacial score (nSPS) is 16.9. The molecular formula is C14H17N3O2. The molecule has 19 heavy (non-hydrogen) atoms. The highest BCUT2D eigenvalue weighted by Crippen LogP contribution is 2.29. The molecule has 0 aliphatic carbocycles. The molecule has 100 valence electrons. The van der Waals surface area contributed by atoms with Gasteiger partial charge in [0, 0.05) is 6.20 Å². The Morgan fingerprint density at radius 1 is 1.32 bits per heavy atom. The minimum atomic E-state index is 0.0398. The Bertz CT molecular complexity index is 558. The molecule has 1 saturated heterocycles. The van der Waals surface area contributed by atoms with Crippen molar-refractivity contribution in [2.24, 2.45) is 0 Å². The van der Waals surface area contributed by atoms with Crippen LogP contribution in [0.3, 0.4) is 0 Å². The van der Waals surface area contributed by atoms with Crippen LogP contribution in [0.25, 0.3) is 0 Å². The first-order valence-electron chi connectivity index (χ1n) is 6.31. The van der Waals surface area contributed by atoms with Crippen LogP contribution in [0, 0.1) is 0 Å². The highest BCUT2D eigenvalue weighted by atomic mass is 16.5. The fourth-order valence-corrected chi connectivity index (χ4v) is 2.13. The molecular weight excluding hydrogens is 242 g/mol. The van der Waals surface area contributed by atoms with Crippen molar-refractivity contribution in [1.82, 2.24) is 15.0 Å². The van der Waals surface area contributed by atoms with Crippen LogP contribution in [0.4, 0.5) is 0 Å².